The van der Waals surface area contributed by atoms with Crippen LogP contribution in [-0.4, -0.2) is 31.7 Å². The van der Waals surface area contributed by atoms with Gasteiger partial charge < -0.3 is 9.64 Å². The smallest absolute Gasteiger partial charge is 0.410 e. The average molecular weight is 520 g/mol. The largest absolute Gasteiger partial charge is 0.445 e. The first-order valence-electron chi connectivity index (χ1n) is 10.4. The van der Waals surface area contributed by atoms with Crippen LogP contribution in [0.5, 0.6) is 0 Å². The van der Waals surface area contributed by atoms with E-state index in [1.165, 1.54) is 0 Å². The molecule has 2 aromatic rings. The Balaban J connectivity index is 2.20. The van der Waals surface area contributed by atoms with Gasteiger partial charge in [0.25, 0.3) is 0 Å². The molecule has 0 fully saturated rings. The van der Waals surface area contributed by atoms with Crippen LogP contribution in [0, 0.1) is 0 Å². The fourth-order valence-corrected chi connectivity index (χ4v) is 3.70. The topological polar surface area (TPSA) is 59.0 Å². The summed E-state index contributed by atoms with van der Waals surface area (Å²) in [5, 5.41) is 0. The lowest BCUT2D eigenvalue weighted by Crippen LogP contribution is -2.39. The quantitative estimate of drug-likeness (QED) is 0.358. The van der Waals surface area contributed by atoms with E-state index in [9.17, 15) is 9.00 Å². The summed E-state index contributed by atoms with van der Waals surface area (Å²) in [4.78, 5) is 14.7. The van der Waals surface area contributed by atoms with Crippen molar-refractivity contribution in [1.29, 1.82) is 0 Å². The molecule has 1 amide bonds. The molecule has 2 rings (SSSR count). The third-order valence-corrected chi connectivity index (χ3v) is 6.68. The lowest BCUT2D eigenvalue weighted by atomic mass is 10.1. The number of allylic oxidation sites excluding steroid dienone is 1. The van der Waals surface area contributed by atoms with E-state index in [0.29, 0.717) is 18.7 Å². The molecular weight excluding hydrogens is 488 g/mol. The van der Waals surface area contributed by atoms with E-state index in [1.54, 1.807) is 11.0 Å². The molecule has 0 bridgehead atoms. The molecule has 32 heavy (non-hydrogen) atoms. The van der Waals surface area contributed by atoms with Crippen LogP contribution in [0.4, 0.5) is 4.79 Å². The maximum Gasteiger partial charge on any atom is 0.410 e. The Hall–Kier alpha value is -2.25. The fourth-order valence-electron chi connectivity index (χ4n) is 2.80. The summed E-state index contributed by atoms with van der Waals surface area (Å²) < 4.78 is 22.9. The molecule has 0 radical (unpaired) electrons. The van der Waals surface area contributed by atoms with Gasteiger partial charge in [-0.05, 0) is 57.0 Å². The van der Waals surface area contributed by atoms with Gasteiger partial charge in [0.15, 0.2) is 0 Å². The zero-order valence-electron chi connectivity index (χ0n) is 19.1. The first-order valence-corrected chi connectivity index (χ1v) is 12.3. The molecule has 0 aliphatic carbocycles. The van der Waals surface area contributed by atoms with Crippen molar-refractivity contribution in [2.45, 2.75) is 58.1 Å². The number of hydrogen-bond donors (Lipinski definition) is 0. The molecule has 2 aromatic carbocycles. The second-order valence-corrected chi connectivity index (χ2v) is 11.3. The SMILES string of the molecule is C=CC(CC(C)N(Cc1ccc(Br)cc1)C(=O)OCc1ccccc1)=NS(=O)C(C)(C)C. The highest BCUT2D eigenvalue weighted by atomic mass is 79.9. The van der Waals surface area contributed by atoms with Gasteiger partial charge in [0.2, 0.25) is 0 Å². The van der Waals surface area contributed by atoms with Crippen LogP contribution in [0.15, 0.2) is 76.1 Å². The highest BCUT2D eigenvalue weighted by molar-refractivity contribution is 9.10. The van der Waals surface area contributed by atoms with Crippen LogP contribution < -0.4 is 0 Å². The van der Waals surface area contributed by atoms with Gasteiger partial charge in [0.1, 0.15) is 17.6 Å². The van der Waals surface area contributed by atoms with E-state index in [2.05, 4.69) is 26.9 Å². The Labute approximate surface area is 202 Å². The molecule has 0 saturated carbocycles. The first kappa shape index (κ1) is 26.0. The first-order chi connectivity index (χ1) is 15.1. The molecule has 0 N–H and O–H groups in total. The second kappa shape index (κ2) is 12.1. The summed E-state index contributed by atoms with van der Waals surface area (Å²) in [5.74, 6) is 0. The van der Waals surface area contributed by atoms with Crippen LogP contribution in [0.25, 0.3) is 0 Å². The molecule has 172 valence electrons. The maximum absolute atomic E-state index is 13.0. The minimum absolute atomic E-state index is 0.194. The van der Waals surface area contributed by atoms with Crippen molar-refractivity contribution in [2.24, 2.45) is 4.40 Å². The molecule has 7 heteroatoms. The number of ether oxygens (including phenoxy) is 1. The van der Waals surface area contributed by atoms with Gasteiger partial charge in [-0.1, -0.05) is 65.0 Å². The summed E-state index contributed by atoms with van der Waals surface area (Å²) in [6.07, 6.45) is 1.61. The zero-order valence-corrected chi connectivity index (χ0v) is 21.5. The van der Waals surface area contributed by atoms with Gasteiger partial charge in [-0.2, -0.15) is 4.40 Å². The number of nitrogens with zero attached hydrogens (tertiary/aromatic N) is 2. The van der Waals surface area contributed by atoms with Gasteiger partial charge in [0, 0.05) is 23.5 Å². The van der Waals surface area contributed by atoms with Crippen LogP contribution >= 0.6 is 15.9 Å². The molecule has 0 heterocycles. The Kier molecular flexibility index (Phi) is 9.84. The van der Waals surface area contributed by atoms with Crippen molar-refractivity contribution in [2.75, 3.05) is 0 Å². The highest BCUT2D eigenvalue weighted by Crippen LogP contribution is 2.19. The lowest BCUT2D eigenvalue weighted by molar-refractivity contribution is 0.0811. The Bertz CT molecular complexity index is 953. The van der Waals surface area contributed by atoms with Crippen LogP contribution in [0.3, 0.4) is 0 Å². The van der Waals surface area contributed by atoms with Crippen LogP contribution in [-0.2, 0) is 28.9 Å². The number of hydrogen-bond acceptors (Lipinski definition) is 3. The molecule has 0 spiro atoms. The van der Waals surface area contributed by atoms with Gasteiger partial charge in [-0.25, -0.2) is 9.00 Å². The zero-order chi connectivity index (χ0) is 23.7. The van der Waals surface area contributed by atoms with Crippen molar-refractivity contribution >= 4 is 38.7 Å². The number of rotatable bonds is 9. The average Bonchev–Trinajstić information content (AvgIpc) is 2.76. The van der Waals surface area contributed by atoms with E-state index in [1.807, 2.05) is 82.3 Å². The number of benzene rings is 2. The predicted octanol–water partition coefficient (Wildman–Crippen LogP) is 6.46. The molecule has 2 atom stereocenters. The van der Waals surface area contributed by atoms with Crippen molar-refractivity contribution < 1.29 is 13.7 Å². The van der Waals surface area contributed by atoms with Gasteiger partial charge in [0.05, 0.1) is 10.5 Å². The monoisotopic (exact) mass is 518 g/mol. The number of halogens is 1. The lowest BCUT2D eigenvalue weighted by Gasteiger charge is -2.29. The third-order valence-electron chi connectivity index (χ3n) is 4.70. The van der Waals surface area contributed by atoms with Crippen LogP contribution in [0.1, 0.15) is 45.2 Å². The minimum Gasteiger partial charge on any atom is -0.445 e. The van der Waals surface area contributed by atoms with Crippen molar-refractivity contribution in [3.8, 4) is 0 Å². The third kappa shape index (κ3) is 8.36. The number of carbonyl (C=O) groups is 1. The Morgan fingerprint density at radius 1 is 1.16 bits per heavy atom. The van der Waals surface area contributed by atoms with Crippen molar-refractivity contribution in [3.05, 3.63) is 82.9 Å². The summed E-state index contributed by atoms with van der Waals surface area (Å²) in [6, 6.07) is 17.1. The normalized spacial score (nSPS) is 13.8. The fraction of sp³-hybridized carbons (Fsp3) is 0.360. The van der Waals surface area contributed by atoms with E-state index in [-0.39, 0.29) is 12.6 Å². The van der Waals surface area contributed by atoms with E-state index >= 15 is 0 Å². The van der Waals surface area contributed by atoms with E-state index < -0.39 is 21.8 Å². The Morgan fingerprint density at radius 3 is 2.34 bits per heavy atom. The predicted molar refractivity (Wildman–Crippen MR) is 136 cm³/mol. The molecule has 0 aliphatic heterocycles. The number of amides is 1. The molecule has 2 unspecified atom stereocenters. The van der Waals surface area contributed by atoms with E-state index in [4.69, 9.17) is 4.74 Å². The molecule has 5 nitrogen and oxygen atoms in total. The summed E-state index contributed by atoms with van der Waals surface area (Å²) in [5.41, 5.74) is 2.50. The van der Waals surface area contributed by atoms with Crippen molar-refractivity contribution in [1.82, 2.24) is 4.90 Å². The van der Waals surface area contributed by atoms with Gasteiger partial charge in [-0.15, -0.1) is 0 Å². The Morgan fingerprint density at radius 2 is 1.78 bits per heavy atom. The summed E-state index contributed by atoms with van der Waals surface area (Å²) in [6.45, 7) is 11.9. The van der Waals surface area contributed by atoms with Gasteiger partial charge in [-0.3, -0.25) is 0 Å². The summed E-state index contributed by atoms with van der Waals surface area (Å²) in [7, 11) is -1.40. The van der Waals surface area contributed by atoms with Crippen LogP contribution in [0.2, 0.25) is 0 Å². The second-order valence-electron chi connectivity index (χ2n) is 8.50. The number of carbonyl (C=O) groups excluding carboxylic acids is 1. The van der Waals surface area contributed by atoms with Crippen molar-refractivity contribution in [3.63, 3.8) is 0 Å². The molecule has 0 saturated heterocycles. The highest BCUT2D eigenvalue weighted by Gasteiger charge is 2.25. The summed E-state index contributed by atoms with van der Waals surface area (Å²) >= 11 is 3.44. The standard InChI is InChI=1S/C25H31BrN2O3S/c1-6-23(27-32(30)25(3,4)5)16-19(2)28(17-20-12-14-22(26)15-13-20)24(29)31-18-21-10-8-7-9-11-21/h6-15,19H,1,16-18H2,2-5H3. The molecule has 0 aromatic heterocycles. The minimum atomic E-state index is -1.40. The van der Waals surface area contributed by atoms with E-state index in [0.717, 1.165) is 15.6 Å². The van der Waals surface area contributed by atoms with Gasteiger partial charge >= 0.3 is 6.09 Å². The molecule has 0 aliphatic rings. The maximum atomic E-state index is 13.0. The molecular formula is C25H31BrN2O3S.